The minimum Gasteiger partial charge on any atom is -0.460 e. The Labute approximate surface area is 170 Å². The Bertz CT molecular complexity index is 812. The number of benzene rings is 1. The van der Waals surface area contributed by atoms with Gasteiger partial charge in [-0.15, -0.1) is 0 Å². The molecule has 2 heterocycles. The lowest BCUT2D eigenvalue weighted by atomic mass is 9.92. The minimum absolute atomic E-state index is 0.0179. The fourth-order valence-corrected chi connectivity index (χ4v) is 3.38. The first-order chi connectivity index (χ1) is 13.6. The van der Waals surface area contributed by atoms with Gasteiger partial charge < -0.3 is 18.9 Å². The molecule has 0 aliphatic carbocycles. The molecular formula is C21H27NO7. The van der Waals surface area contributed by atoms with Gasteiger partial charge in [-0.05, 0) is 44.4 Å². The van der Waals surface area contributed by atoms with Gasteiger partial charge in [0, 0.05) is 0 Å². The van der Waals surface area contributed by atoms with Crippen molar-refractivity contribution in [2.45, 2.75) is 58.6 Å². The van der Waals surface area contributed by atoms with Gasteiger partial charge in [-0.2, -0.15) is 0 Å². The molecule has 1 aromatic carbocycles. The lowest BCUT2D eigenvalue weighted by Crippen LogP contribution is -2.44. The maximum Gasteiger partial charge on any atom is 0.417 e. The van der Waals surface area contributed by atoms with E-state index in [1.54, 1.807) is 39.0 Å². The summed E-state index contributed by atoms with van der Waals surface area (Å²) in [5.74, 6) is -0.847. The molecule has 2 aliphatic heterocycles. The highest BCUT2D eigenvalue weighted by atomic mass is 16.7. The number of carbonyl (C=O) groups is 3. The zero-order valence-corrected chi connectivity index (χ0v) is 17.4. The number of imide groups is 1. The van der Waals surface area contributed by atoms with Crippen LogP contribution in [-0.2, 0) is 19.1 Å². The van der Waals surface area contributed by atoms with Gasteiger partial charge in [-0.3, -0.25) is 9.59 Å². The van der Waals surface area contributed by atoms with Crippen LogP contribution in [0, 0.1) is 5.92 Å². The number of rotatable bonds is 5. The molecule has 2 amide bonds. The van der Waals surface area contributed by atoms with Crippen LogP contribution in [0.5, 0.6) is 11.5 Å². The van der Waals surface area contributed by atoms with Gasteiger partial charge in [-0.1, -0.05) is 19.9 Å². The highest BCUT2D eigenvalue weighted by molar-refractivity contribution is 5.99. The van der Waals surface area contributed by atoms with Crippen molar-refractivity contribution in [3.8, 4) is 11.5 Å². The molecule has 8 heteroatoms. The van der Waals surface area contributed by atoms with E-state index in [1.807, 2.05) is 13.8 Å². The van der Waals surface area contributed by atoms with Crippen molar-refractivity contribution in [1.82, 2.24) is 4.90 Å². The van der Waals surface area contributed by atoms with Crippen LogP contribution in [0.15, 0.2) is 18.2 Å². The van der Waals surface area contributed by atoms with Crippen LogP contribution in [0.3, 0.4) is 0 Å². The fraction of sp³-hybridized carbons (Fsp3) is 0.571. The van der Waals surface area contributed by atoms with E-state index in [4.69, 9.17) is 18.9 Å². The Morgan fingerprint density at radius 1 is 1.17 bits per heavy atom. The Kier molecular flexibility index (Phi) is 5.73. The summed E-state index contributed by atoms with van der Waals surface area (Å²) < 4.78 is 21.3. The van der Waals surface area contributed by atoms with E-state index < -0.39 is 29.5 Å². The number of carbonyl (C=O) groups excluding carboxylic acids is 3. The van der Waals surface area contributed by atoms with Gasteiger partial charge in [0.2, 0.25) is 12.7 Å². The molecular weight excluding hydrogens is 378 g/mol. The molecule has 0 radical (unpaired) electrons. The second-order valence-corrected chi connectivity index (χ2v) is 8.55. The van der Waals surface area contributed by atoms with Crippen LogP contribution >= 0.6 is 0 Å². The molecule has 1 fully saturated rings. The van der Waals surface area contributed by atoms with E-state index in [1.165, 1.54) is 0 Å². The summed E-state index contributed by atoms with van der Waals surface area (Å²) in [7, 11) is 0. The molecule has 2 aliphatic rings. The number of cyclic esters (lactones) is 1. The van der Waals surface area contributed by atoms with Crippen molar-refractivity contribution in [3.63, 3.8) is 0 Å². The lowest BCUT2D eigenvalue weighted by Gasteiger charge is -2.27. The average Bonchev–Trinajstić information content (AvgIpc) is 3.23. The van der Waals surface area contributed by atoms with Crippen LogP contribution in [0.2, 0.25) is 0 Å². The Morgan fingerprint density at radius 2 is 1.86 bits per heavy atom. The molecule has 0 unspecified atom stereocenters. The largest absolute Gasteiger partial charge is 0.460 e. The van der Waals surface area contributed by atoms with E-state index in [-0.39, 0.29) is 31.8 Å². The number of hydrogen-bond acceptors (Lipinski definition) is 7. The van der Waals surface area contributed by atoms with Gasteiger partial charge in [0.1, 0.15) is 12.2 Å². The first-order valence-corrected chi connectivity index (χ1v) is 9.68. The van der Waals surface area contributed by atoms with E-state index >= 15 is 0 Å². The zero-order chi connectivity index (χ0) is 21.3. The quantitative estimate of drug-likeness (QED) is 0.695. The van der Waals surface area contributed by atoms with E-state index in [9.17, 15) is 14.4 Å². The van der Waals surface area contributed by atoms with Crippen molar-refractivity contribution in [1.29, 1.82) is 0 Å². The van der Waals surface area contributed by atoms with Gasteiger partial charge in [-0.25, -0.2) is 9.69 Å². The highest BCUT2D eigenvalue weighted by Gasteiger charge is 2.43. The lowest BCUT2D eigenvalue weighted by molar-refractivity contribution is -0.157. The predicted molar refractivity (Wildman–Crippen MR) is 103 cm³/mol. The van der Waals surface area contributed by atoms with Crippen LogP contribution in [-0.4, -0.2) is 47.9 Å². The topological polar surface area (TPSA) is 91.4 Å². The normalized spacial score (nSPS) is 19.3. The number of ether oxygens (including phenoxy) is 4. The van der Waals surface area contributed by atoms with Crippen LogP contribution < -0.4 is 9.47 Å². The molecule has 0 spiro atoms. The molecule has 8 nitrogen and oxygen atoms in total. The predicted octanol–water partition coefficient (Wildman–Crippen LogP) is 3.23. The van der Waals surface area contributed by atoms with Gasteiger partial charge in [0.15, 0.2) is 11.5 Å². The maximum atomic E-state index is 13.4. The Morgan fingerprint density at radius 3 is 2.52 bits per heavy atom. The fourth-order valence-electron chi connectivity index (χ4n) is 3.38. The molecule has 0 aromatic heterocycles. The molecule has 3 rings (SSSR count). The van der Waals surface area contributed by atoms with E-state index in [2.05, 4.69) is 0 Å². The third-order valence-electron chi connectivity index (χ3n) is 4.80. The third kappa shape index (κ3) is 4.63. The van der Waals surface area contributed by atoms with Crippen molar-refractivity contribution >= 4 is 18.0 Å². The number of esters is 1. The number of fused-ring (bicyclic) bond motifs is 1. The SMILES string of the molecule is CC(C)[C@H]1COC(=O)N1C(=O)[C@@H](CC(=O)OC(C)(C)C)c1ccc2c(c1)OCO2. The van der Waals surface area contributed by atoms with E-state index in [0.29, 0.717) is 17.1 Å². The zero-order valence-electron chi connectivity index (χ0n) is 17.4. The summed E-state index contributed by atoms with van der Waals surface area (Å²) in [5, 5.41) is 0. The molecule has 0 saturated carbocycles. The number of amides is 2. The molecule has 1 saturated heterocycles. The molecule has 1 aromatic rings. The summed E-state index contributed by atoms with van der Waals surface area (Å²) in [6, 6.07) is 4.67. The summed E-state index contributed by atoms with van der Waals surface area (Å²) >= 11 is 0. The second kappa shape index (κ2) is 7.93. The number of hydrogen-bond donors (Lipinski definition) is 0. The Balaban J connectivity index is 1.92. The van der Waals surface area contributed by atoms with Gasteiger partial charge in [0.25, 0.3) is 0 Å². The average molecular weight is 405 g/mol. The van der Waals surface area contributed by atoms with Crippen molar-refractivity contribution in [3.05, 3.63) is 23.8 Å². The van der Waals surface area contributed by atoms with Crippen molar-refractivity contribution in [2.24, 2.45) is 5.92 Å². The van der Waals surface area contributed by atoms with Crippen molar-refractivity contribution < 1.29 is 33.3 Å². The summed E-state index contributed by atoms with van der Waals surface area (Å²) in [5.41, 5.74) is -0.139. The summed E-state index contributed by atoms with van der Waals surface area (Å²) in [6.07, 6.45) is -0.895. The highest BCUT2D eigenvalue weighted by Crippen LogP contribution is 2.37. The number of nitrogens with zero attached hydrogens (tertiary/aromatic N) is 1. The standard InChI is InChI=1S/C21H27NO7/c1-12(2)15-10-26-20(25)22(15)19(24)14(9-18(23)29-21(3,4)5)13-6-7-16-17(8-13)28-11-27-16/h6-8,12,14-15H,9-11H2,1-5H3/t14-,15+/m0/s1. The molecule has 158 valence electrons. The molecule has 0 bridgehead atoms. The van der Waals surface area contributed by atoms with Gasteiger partial charge in [0.05, 0.1) is 18.4 Å². The smallest absolute Gasteiger partial charge is 0.417 e. The summed E-state index contributed by atoms with van der Waals surface area (Å²) in [6.45, 7) is 9.34. The summed E-state index contributed by atoms with van der Waals surface area (Å²) in [4.78, 5) is 39.4. The van der Waals surface area contributed by atoms with Crippen LogP contribution in [0.1, 0.15) is 52.5 Å². The molecule has 29 heavy (non-hydrogen) atoms. The maximum absolute atomic E-state index is 13.4. The molecule has 0 N–H and O–H groups in total. The first-order valence-electron chi connectivity index (χ1n) is 9.68. The monoisotopic (exact) mass is 405 g/mol. The van der Waals surface area contributed by atoms with Crippen molar-refractivity contribution in [2.75, 3.05) is 13.4 Å². The minimum atomic E-state index is -0.911. The first kappa shape index (κ1) is 21.0. The molecule has 2 atom stereocenters. The van der Waals surface area contributed by atoms with Crippen LogP contribution in [0.25, 0.3) is 0 Å². The second-order valence-electron chi connectivity index (χ2n) is 8.55. The van der Waals surface area contributed by atoms with E-state index in [0.717, 1.165) is 4.90 Å². The van der Waals surface area contributed by atoms with Gasteiger partial charge >= 0.3 is 12.1 Å². The Hall–Kier alpha value is -2.77. The van der Waals surface area contributed by atoms with Crippen LogP contribution in [0.4, 0.5) is 4.79 Å². The third-order valence-corrected chi connectivity index (χ3v) is 4.80.